The summed E-state index contributed by atoms with van der Waals surface area (Å²) in [7, 11) is 1.73. The summed E-state index contributed by atoms with van der Waals surface area (Å²) in [6.07, 6.45) is 2.92. The van der Waals surface area contributed by atoms with Crippen molar-refractivity contribution in [2.24, 2.45) is 5.92 Å². The topological polar surface area (TPSA) is 57.6 Å². The standard InChI is InChI=1S/C15H18ClNO3/c1-17(13-7-3-5-11(9-13)15(19)20)14(18)10-4-2-6-12(16)8-10/h2,4,6,8,11,13H,3,5,7,9H2,1H3,(H,19,20)/t11-,13+/m1/s1. The van der Waals surface area contributed by atoms with Crippen molar-refractivity contribution in [2.45, 2.75) is 31.7 Å². The van der Waals surface area contributed by atoms with Crippen molar-refractivity contribution in [2.75, 3.05) is 7.05 Å². The molecule has 4 nitrogen and oxygen atoms in total. The molecule has 1 N–H and O–H groups in total. The number of carbonyl (C=O) groups excluding carboxylic acids is 1. The number of hydrogen-bond donors (Lipinski definition) is 1. The molecule has 1 aromatic carbocycles. The molecule has 1 aromatic rings. The van der Waals surface area contributed by atoms with Crippen LogP contribution in [0.3, 0.4) is 0 Å². The molecule has 1 fully saturated rings. The van der Waals surface area contributed by atoms with Gasteiger partial charge in [0.25, 0.3) is 5.91 Å². The first-order valence-corrected chi connectivity index (χ1v) is 7.12. The summed E-state index contributed by atoms with van der Waals surface area (Å²) in [5, 5.41) is 9.63. The first kappa shape index (κ1) is 14.9. The van der Waals surface area contributed by atoms with Gasteiger partial charge in [0.15, 0.2) is 0 Å². The molecule has 1 aliphatic rings. The number of aliphatic carboxylic acids is 1. The van der Waals surface area contributed by atoms with Crippen molar-refractivity contribution < 1.29 is 14.7 Å². The van der Waals surface area contributed by atoms with Gasteiger partial charge < -0.3 is 10.0 Å². The number of carbonyl (C=O) groups is 2. The van der Waals surface area contributed by atoms with Crippen LogP contribution in [0.2, 0.25) is 5.02 Å². The Morgan fingerprint density at radius 1 is 1.35 bits per heavy atom. The molecule has 108 valence electrons. The number of nitrogens with zero attached hydrogens (tertiary/aromatic N) is 1. The average Bonchev–Trinajstić information content (AvgIpc) is 2.45. The molecule has 2 atom stereocenters. The summed E-state index contributed by atoms with van der Waals surface area (Å²) in [6.45, 7) is 0. The van der Waals surface area contributed by atoms with Crippen LogP contribution in [0.5, 0.6) is 0 Å². The van der Waals surface area contributed by atoms with E-state index in [0.29, 0.717) is 23.4 Å². The maximum Gasteiger partial charge on any atom is 0.306 e. The predicted molar refractivity (Wildman–Crippen MR) is 76.9 cm³/mol. The number of amides is 1. The van der Waals surface area contributed by atoms with Gasteiger partial charge in [0.1, 0.15) is 0 Å². The van der Waals surface area contributed by atoms with Gasteiger partial charge in [-0.1, -0.05) is 24.1 Å². The fraction of sp³-hybridized carbons (Fsp3) is 0.467. The zero-order chi connectivity index (χ0) is 14.7. The third kappa shape index (κ3) is 3.31. The highest BCUT2D eigenvalue weighted by Gasteiger charge is 2.31. The van der Waals surface area contributed by atoms with Gasteiger partial charge in [0.05, 0.1) is 5.92 Å². The minimum atomic E-state index is -0.765. The van der Waals surface area contributed by atoms with Crippen molar-refractivity contribution in [1.82, 2.24) is 4.90 Å². The van der Waals surface area contributed by atoms with Crippen LogP contribution in [0.4, 0.5) is 0 Å². The van der Waals surface area contributed by atoms with Crippen molar-refractivity contribution in [3.05, 3.63) is 34.9 Å². The first-order chi connectivity index (χ1) is 9.49. The monoisotopic (exact) mass is 295 g/mol. The van der Waals surface area contributed by atoms with Gasteiger partial charge in [-0.25, -0.2) is 0 Å². The molecular weight excluding hydrogens is 278 g/mol. The Morgan fingerprint density at radius 3 is 2.75 bits per heavy atom. The van der Waals surface area contributed by atoms with Crippen LogP contribution in [-0.2, 0) is 4.79 Å². The van der Waals surface area contributed by atoms with E-state index in [1.807, 2.05) is 0 Å². The summed E-state index contributed by atoms with van der Waals surface area (Å²) in [4.78, 5) is 25.1. The van der Waals surface area contributed by atoms with Crippen LogP contribution in [-0.4, -0.2) is 35.0 Å². The Bertz CT molecular complexity index is 518. The minimum Gasteiger partial charge on any atom is -0.481 e. The highest BCUT2D eigenvalue weighted by molar-refractivity contribution is 6.30. The Balaban J connectivity index is 2.08. The van der Waals surface area contributed by atoms with E-state index in [1.165, 1.54) is 0 Å². The summed E-state index contributed by atoms with van der Waals surface area (Å²) < 4.78 is 0. The molecule has 20 heavy (non-hydrogen) atoms. The largest absolute Gasteiger partial charge is 0.481 e. The van der Waals surface area contributed by atoms with E-state index >= 15 is 0 Å². The first-order valence-electron chi connectivity index (χ1n) is 6.74. The lowest BCUT2D eigenvalue weighted by Crippen LogP contribution is -2.41. The Morgan fingerprint density at radius 2 is 2.10 bits per heavy atom. The second kappa shape index (κ2) is 6.27. The Hall–Kier alpha value is -1.55. The van der Waals surface area contributed by atoms with Gasteiger partial charge in [0, 0.05) is 23.7 Å². The van der Waals surface area contributed by atoms with Crippen LogP contribution in [0, 0.1) is 5.92 Å². The van der Waals surface area contributed by atoms with E-state index in [-0.39, 0.29) is 17.9 Å². The lowest BCUT2D eigenvalue weighted by molar-refractivity contribution is -0.143. The Labute approximate surface area is 123 Å². The zero-order valence-corrected chi connectivity index (χ0v) is 12.1. The quantitative estimate of drug-likeness (QED) is 0.932. The van der Waals surface area contributed by atoms with E-state index in [4.69, 9.17) is 16.7 Å². The maximum absolute atomic E-state index is 12.4. The van der Waals surface area contributed by atoms with Crippen LogP contribution < -0.4 is 0 Å². The van der Waals surface area contributed by atoms with Crippen LogP contribution >= 0.6 is 11.6 Å². The number of carboxylic acids is 1. The van der Waals surface area contributed by atoms with E-state index in [9.17, 15) is 9.59 Å². The number of carboxylic acid groups (broad SMARTS) is 1. The maximum atomic E-state index is 12.4. The molecule has 1 amide bonds. The van der Waals surface area contributed by atoms with Gasteiger partial charge in [-0.3, -0.25) is 9.59 Å². The molecule has 0 unspecified atom stereocenters. The van der Waals surface area contributed by atoms with E-state index in [2.05, 4.69) is 0 Å². The third-order valence-corrected chi connectivity index (χ3v) is 4.17. The molecule has 0 heterocycles. The predicted octanol–water partition coefficient (Wildman–Crippen LogP) is 3.06. The molecule has 0 bridgehead atoms. The normalized spacial score (nSPS) is 22.3. The van der Waals surface area contributed by atoms with Gasteiger partial charge in [-0.05, 0) is 37.5 Å². The zero-order valence-electron chi connectivity index (χ0n) is 11.4. The minimum absolute atomic E-state index is 0.0173. The molecule has 1 saturated carbocycles. The lowest BCUT2D eigenvalue weighted by atomic mass is 9.85. The smallest absolute Gasteiger partial charge is 0.306 e. The van der Waals surface area contributed by atoms with Crippen LogP contribution in [0.25, 0.3) is 0 Å². The lowest BCUT2D eigenvalue weighted by Gasteiger charge is -2.34. The van der Waals surface area contributed by atoms with E-state index in [0.717, 1.165) is 12.8 Å². The molecular formula is C15H18ClNO3. The van der Waals surface area contributed by atoms with Gasteiger partial charge in [-0.2, -0.15) is 0 Å². The summed E-state index contributed by atoms with van der Waals surface area (Å²) in [6, 6.07) is 6.81. The third-order valence-electron chi connectivity index (χ3n) is 3.94. The van der Waals surface area contributed by atoms with Crippen molar-refractivity contribution in [3.63, 3.8) is 0 Å². The van der Waals surface area contributed by atoms with Crippen LogP contribution in [0.15, 0.2) is 24.3 Å². The second-order valence-electron chi connectivity index (χ2n) is 5.28. The summed E-state index contributed by atoms with van der Waals surface area (Å²) in [5.41, 5.74) is 0.539. The van der Waals surface area contributed by atoms with Crippen molar-refractivity contribution in [3.8, 4) is 0 Å². The fourth-order valence-corrected chi connectivity index (χ4v) is 2.92. The molecule has 0 aliphatic heterocycles. The average molecular weight is 296 g/mol. The SMILES string of the molecule is CN(C(=O)c1cccc(Cl)c1)[C@H]1CCC[C@@H](C(=O)O)C1. The van der Waals surface area contributed by atoms with E-state index in [1.54, 1.807) is 36.2 Å². The van der Waals surface area contributed by atoms with Gasteiger partial charge >= 0.3 is 5.97 Å². The molecule has 0 spiro atoms. The van der Waals surface area contributed by atoms with Gasteiger partial charge in [0.2, 0.25) is 0 Å². The summed E-state index contributed by atoms with van der Waals surface area (Å²) in [5.74, 6) is -1.22. The molecule has 2 rings (SSSR count). The van der Waals surface area contributed by atoms with Crippen LogP contribution in [0.1, 0.15) is 36.0 Å². The Kier molecular flexibility index (Phi) is 4.65. The molecule has 0 aromatic heterocycles. The van der Waals surface area contributed by atoms with Crippen molar-refractivity contribution in [1.29, 1.82) is 0 Å². The van der Waals surface area contributed by atoms with Crippen molar-refractivity contribution >= 4 is 23.5 Å². The summed E-state index contributed by atoms with van der Waals surface area (Å²) >= 11 is 5.90. The highest BCUT2D eigenvalue weighted by atomic mass is 35.5. The highest BCUT2D eigenvalue weighted by Crippen LogP contribution is 2.28. The molecule has 5 heteroatoms. The van der Waals surface area contributed by atoms with E-state index < -0.39 is 5.97 Å². The van der Waals surface area contributed by atoms with Gasteiger partial charge in [-0.15, -0.1) is 0 Å². The second-order valence-corrected chi connectivity index (χ2v) is 5.72. The molecule has 1 aliphatic carbocycles. The number of rotatable bonds is 3. The molecule has 0 saturated heterocycles. The number of benzene rings is 1. The fourth-order valence-electron chi connectivity index (χ4n) is 2.73. The molecule has 0 radical (unpaired) electrons. The number of halogens is 1. The number of hydrogen-bond acceptors (Lipinski definition) is 2.